The van der Waals surface area contributed by atoms with Crippen LogP contribution in [0.3, 0.4) is 0 Å². The Morgan fingerprint density at radius 2 is 0.724 bits per heavy atom. The third-order valence-corrected chi connectivity index (χ3v) is 27.2. The van der Waals surface area contributed by atoms with E-state index in [4.69, 9.17) is 94.5 Å². The largest absolute Gasteiger partial charge is 0.480 e. The van der Waals surface area contributed by atoms with E-state index in [0.29, 0.717) is 138 Å². The van der Waals surface area contributed by atoms with E-state index in [9.17, 15) is 38.4 Å². The van der Waals surface area contributed by atoms with Gasteiger partial charge in [-0.2, -0.15) is 15.0 Å². The Hall–Kier alpha value is -12.6. The molecule has 145 heavy (non-hydrogen) atoms. The molecular weight excluding hydrogens is 1940 g/mol. The van der Waals surface area contributed by atoms with Crippen LogP contribution >= 0.6 is 46.4 Å². The maximum atomic E-state index is 13.1. The minimum absolute atomic E-state index is 0.0560. The fraction of sp³-hybridized carbons (Fsp3) is 0.462. The summed E-state index contributed by atoms with van der Waals surface area (Å²) < 4.78 is 44.5. The number of hydrogen-bond acceptors (Lipinski definition) is 31. The van der Waals surface area contributed by atoms with E-state index in [2.05, 4.69) is 93.5 Å². The molecule has 12 aromatic rings. The molecule has 774 valence electrons. The van der Waals surface area contributed by atoms with E-state index in [-0.39, 0.29) is 101 Å². The second kappa shape index (κ2) is 53.0. The summed E-state index contributed by atoms with van der Waals surface area (Å²) in [4.78, 5) is 143. The molecule has 39 heteroatoms. The highest BCUT2D eigenvalue weighted by Gasteiger charge is 2.28. The number of nitrogens with zero attached hydrogens (tertiary/aromatic N) is 16. The second-order valence-electron chi connectivity index (χ2n) is 36.8. The van der Waals surface area contributed by atoms with Crippen LogP contribution < -0.4 is 82.1 Å². The van der Waals surface area contributed by atoms with Crippen LogP contribution in [0.25, 0.3) is 43.6 Å². The predicted molar refractivity (Wildman–Crippen MR) is 576 cm³/mol. The van der Waals surface area contributed by atoms with E-state index < -0.39 is 0 Å². The van der Waals surface area contributed by atoms with Gasteiger partial charge in [-0.25, -0.2) is 19.9 Å². The molecule has 4 N–H and O–H groups in total. The van der Waals surface area contributed by atoms with Crippen molar-refractivity contribution in [3.05, 3.63) is 189 Å². The van der Waals surface area contributed by atoms with E-state index in [1.165, 1.54) is 19.3 Å². The van der Waals surface area contributed by atoms with Gasteiger partial charge in [0.2, 0.25) is 17.8 Å². The van der Waals surface area contributed by atoms with Gasteiger partial charge in [0.1, 0.15) is 47.3 Å². The summed E-state index contributed by atoms with van der Waals surface area (Å²) in [6, 6.07) is 31.3. The third kappa shape index (κ3) is 29.0. The number of benzene rings is 4. The van der Waals surface area contributed by atoms with Crippen LogP contribution in [0.2, 0.25) is 20.1 Å². The number of piperazine rings is 1. The average Bonchev–Trinajstić information content (AvgIpc) is 0.768. The van der Waals surface area contributed by atoms with Gasteiger partial charge in [0, 0.05) is 188 Å². The first-order valence-electron chi connectivity index (χ1n) is 49.8. The van der Waals surface area contributed by atoms with Crippen LogP contribution in [-0.2, 0) is 53.0 Å². The Morgan fingerprint density at radius 3 is 1.07 bits per heavy atom. The number of Topliss-reactive ketones (excluding diaryl/α,β-unsaturated/α-hetero) is 4. The van der Waals surface area contributed by atoms with Crippen LogP contribution in [0.15, 0.2) is 147 Å². The first-order valence-corrected chi connectivity index (χ1v) is 51.3. The molecule has 4 aliphatic heterocycles. The second-order valence-corrected chi connectivity index (χ2v) is 38.4. The van der Waals surface area contributed by atoms with Gasteiger partial charge >= 0.3 is 0 Å². The van der Waals surface area contributed by atoms with Crippen LogP contribution in [0.4, 0.5) is 69.6 Å². The molecule has 0 amide bonds. The Labute approximate surface area is 863 Å². The van der Waals surface area contributed by atoms with Crippen LogP contribution in [0.5, 0.6) is 23.0 Å². The van der Waals surface area contributed by atoms with Crippen LogP contribution in [-0.4, -0.2) is 221 Å². The van der Waals surface area contributed by atoms with Crippen molar-refractivity contribution in [2.24, 2.45) is 17.8 Å². The molecule has 4 aromatic carbocycles. The molecule has 4 aliphatic rings. The number of ether oxygens (including phenoxy) is 7. The van der Waals surface area contributed by atoms with Crippen LogP contribution in [0, 0.1) is 17.8 Å². The van der Waals surface area contributed by atoms with Crippen molar-refractivity contribution < 1.29 is 52.3 Å². The van der Waals surface area contributed by atoms with Gasteiger partial charge in [0.25, 0.3) is 22.2 Å². The Morgan fingerprint density at radius 1 is 0.393 bits per heavy atom. The van der Waals surface area contributed by atoms with Crippen molar-refractivity contribution in [1.29, 1.82) is 0 Å². The number of rotatable bonds is 40. The monoisotopic (exact) mass is 2060 g/mol. The highest BCUT2D eigenvalue weighted by Crippen LogP contribution is 2.38. The van der Waals surface area contributed by atoms with E-state index >= 15 is 0 Å². The number of nitrogens with one attached hydrogen (secondary N) is 4. The summed E-state index contributed by atoms with van der Waals surface area (Å²) in [5.74, 6) is 6.54. The molecule has 1 unspecified atom stereocenters. The highest BCUT2D eigenvalue weighted by atomic mass is 35.5. The number of fused-ring (bicyclic) bond motifs is 4. The van der Waals surface area contributed by atoms with Crippen molar-refractivity contribution >= 4 is 183 Å². The van der Waals surface area contributed by atoms with Crippen molar-refractivity contribution in [2.75, 3.05) is 181 Å². The van der Waals surface area contributed by atoms with Crippen molar-refractivity contribution in [3.8, 4) is 23.0 Å². The number of ketones is 4. The zero-order valence-electron chi connectivity index (χ0n) is 84.9. The lowest BCUT2D eigenvalue weighted by Gasteiger charge is -2.33. The molecule has 0 bridgehead atoms. The molecular formula is C106H132Cl4N20O15. The normalized spacial score (nSPS) is 15.4. The minimum atomic E-state index is -0.302. The van der Waals surface area contributed by atoms with Gasteiger partial charge in [0.05, 0.1) is 77.4 Å². The van der Waals surface area contributed by atoms with Gasteiger partial charge in [-0.3, -0.25) is 38.4 Å². The van der Waals surface area contributed by atoms with Crippen molar-refractivity contribution in [2.45, 2.75) is 165 Å². The molecule has 35 nitrogen and oxygen atoms in total. The minimum Gasteiger partial charge on any atom is -0.480 e. The van der Waals surface area contributed by atoms with Gasteiger partial charge < -0.3 is 97.2 Å². The van der Waals surface area contributed by atoms with Gasteiger partial charge in [0.15, 0.2) is 63.6 Å². The molecule has 12 heterocycles. The molecule has 0 radical (unpaired) electrons. The summed E-state index contributed by atoms with van der Waals surface area (Å²) in [5.41, 5.74) is 5.66. The Bertz CT molecular complexity index is 6600. The first kappa shape index (κ1) is 110. The number of hydrogen-bond donors (Lipinski definition) is 4. The number of anilines is 12. The quantitative estimate of drug-likeness (QED) is 0.0277. The smallest absolute Gasteiger partial charge is 0.293 e. The topological polar surface area (TPSA) is 375 Å². The van der Waals surface area contributed by atoms with Gasteiger partial charge in [-0.15, -0.1) is 0 Å². The van der Waals surface area contributed by atoms with E-state index in [1.54, 1.807) is 116 Å². The number of carbonyl (C=O) groups is 4. The number of aromatic nitrogens is 11. The zero-order valence-corrected chi connectivity index (χ0v) is 87.9. The number of halogens is 4. The lowest BCUT2D eigenvalue weighted by Crippen LogP contribution is -2.44. The maximum absolute atomic E-state index is 13.1. The SMILES string of the molecule is CCC(=O)COc1cc2cc(Nc3cc(N4CCN(C)CC4)ncc3Cl)ccc2n(C(C)C)c1=O.CCC(=O)COc1cc2cc(Nc3nc(N4CCCC(CC)C4)ncc3Cl)ccc2n(CCOC)c1=O.CCC(=O)COc1cc2cc(Nc3nc(N4CCC[C@H](C)C4)ncc3Cl)ccc2n(CCOC)c1=O.CCC(=O)COc1cc2cc(Nc3nc(N4CCC[C@H](CC)C4)ncc3Cl)ccc2n(CCOC)c1=O. The first-order chi connectivity index (χ1) is 70.0. The average molecular weight is 2070 g/mol. The van der Waals surface area contributed by atoms with Gasteiger partial charge in [-0.05, 0) is 174 Å². The molecule has 0 aliphatic carbocycles. The van der Waals surface area contributed by atoms with Crippen LogP contribution in [0.1, 0.15) is 145 Å². The fourth-order valence-electron chi connectivity index (χ4n) is 17.5. The summed E-state index contributed by atoms with van der Waals surface area (Å²) in [6.07, 6.45) is 17.2. The summed E-state index contributed by atoms with van der Waals surface area (Å²) >= 11 is 25.8. The molecule has 4 fully saturated rings. The molecule has 0 saturated carbocycles. The van der Waals surface area contributed by atoms with Crippen molar-refractivity contribution in [3.63, 3.8) is 0 Å². The number of likely N-dealkylation sites (N-methyl/N-ethyl adjacent to an activating group) is 1. The predicted octanol–water partition coefficient (Wildman–Crippen LogP) is 18.6. The number of methoxy groups -OCH3 is 3. The van der Waals surface area contributed by atoms with Gasteiger partial charge in [-0.1, -0.05) is 108 Å². The Kier molecular flexibility index (Phi) is 40.0. The number of pyridine rings is 5. The molecule has 8 aromatic heterocycles. The lowest BCUT2D eigenvalue weighted by molar-refractivity contribution is -0.121. The lowest BCUT2D eigenvalue weighted by atomic mass is 9.96. The maximum Gasteiger partial charge on any atom is 0.293 e. The summed E-state index contributed by atoms with van der Waals surface area (Å²) in [5, 5.41) is 18.2. The van der Waals surface area contributed by atoms with Crippen molar-refractivity contribution in [1.82, 2.24) is 58.1 Å². The number of piperidine rings is 3. The summed E-state index contributed by atoms with van der Waals surface area (Å²) in [7, 11) is 6.87. The third-order valence-electron chi connectivity index (χ3n) is 26.0. The molecule has 0 spiro atoms. The highest BCUT2D eigenvalue weighted by molar-refractivity contribution is 6.34. The van der Waals surface area contributed by atoms with E-state index in [0.717, 1.165) is 175 Å². The molecule has 16 rings (SSSR count). The Balaban J connectivity index is 0.000000162. The summed E-state index contributed by atoms with van der Waals surface area (Å²) in [6.45, 7) is 28.6. The zero-order chi connectivity index (χ0) is 103. The van der Waals surface area contributed by atoms with E-state index in [1.807, 2.05) is 92.7 Å². The number of carbonyl (C=O) groups excluding carboxylic acids is 4. The standard InChI is InChI=1S/2C27H34ClN5O4.C26H32ClN5O4.C26H32ClN5O3/c2*1-4-18-7-6-10-32(16-18)27-29-15-22(28)25(31-27)30-20-8-9-23-19(13-20)14-24(37-17-21(34)5-2)26(35)33(23)11-12-36-3;1-4-20(33)16-36-23-13-18-12-19(7-8-22(18)32(25(23)34)10-11-35-3)29-24-21(27)14-28-26(30-24)31-9-5-6-17(2)15-31;1-5-20(33)16-35-24-13-18-12-19(6-7-23(18)32(17(2)3)26(24)34)29-22-14-25(28-15-21(22)27)31-10-8-30(4)9-11-31/h2*8-9,13-15,18H,4-7,10-12,16-17H2,1-3H3,(H,29,30,31);7-8,12-14,17H,4-6,9-11,15-16H2,1-3H3,(H,28,29,30);6-7,12-15,17H,5,8-11,16H2,1-4H3,(H,28,29)/t18-;;17-;/m0.0./s1. The molecule has 4 saturated heterocycles. The fourth-order valence-corrected chi connectivity index (χ4v) is 18.1. The molecule has 3 atom stereocenters.